The molecule has 0 fully saturated rings. The molecule has 0 unspecified atom stereocenters. The minimum atomic E-state index is 0.162. The smallest absolute Gasteiger partial charge is 0.134 e. The van der Waals surface area contributed by atoms with Crippen LogP contribution in [-0.4, -0.2) is 7.11 Å². The molecule has 3 heteroatoms. The zero-order valence-corrected chi connectivity index (χ0v) is 13.2. The first kappa shape index (κ1) is 14.7. The molecule has 114 valence electrons. The number of hydrogen-bond donors (Lipinski definition) is 1. The van der Waals surface area contributed by atoms with E-state index in [0.29, 0.717) is 0 Å². The average Bonchev–Trinajstić information content (AvgIpc) is 2.96. The Hall–Kier alpha value is -2.26. The average molecular weight is 295 g/mol. The van der Waals surface area contributed by atoms with Crippen molar-refractivity contribution in [3.63, 3.8) is 0 Å². The molecule has 1 N–H and O–H groups in total. The summed E-state index contributed by atoms with van der Waals surface area (Å²) in [5.41, 5.74) is 3.39. The second-order valence-corrected chi connectivity index (χ2v) is 5.64. The normalized spacial score (nSPS) is 12.5. The van der Waals surface area contributed by atoms with E-state index in [1.54, 1.807) is 7.11 Å². The Labute approximate surface area is 130 Å². The van der Waals surface area contributed by atoms with Gasteiger partial charge in [0, 0.05) is 11.9 Å². The van der Waals surface area contributed by atoms with Crippen LogP contribution in [0.25, 0.3) is 11.0 Å². The van der Waals surface area contributed by atoms with Crippen LogP contribution < -0.4 is 10.1 Å². The van der Waals surface area contributed by atoms with Crippen molar-refractivity contribution in [3.05, 3.63) is 65.4 Å². The zero-order chi connectivity index (χ0) is 15.5. The molecule has 22 heavy (non-hydrogen) atoms. The summed E-state index contributed by atoms with van der Waals surface area (Å²) < 4.78 is 11.1. The molecule has 0 spiro atoms. The van der Waals surface area contributed by atoms with E-state index in [4.69, 9.17) is 9.15 Å². The van der Waals surface area contributed by atoms with Crippen LogP contribution in [0.2, 0.25) is 0 Å². The van der Waals surface area contributed by atoms with E-state index in [9.17, 15) is 0 Å². The van der Waals surface area contributed by atoms with Gasteiger partial charge in [0.1, 0.15) is 17.1 Å². The van der Waals surface area contributed by atoms with Crippen molar-refractivity contribution >= 4 is 11.0 Å². The largest absolute Gasteiger partial charge is 0.497 e. The fraction of sp³-hybridized carbons (Fsp3) is 0.263. The molecule has 0 amide bonds. The van der Waals surface area contributed by atoms with Gasteiger partial charge in [-0.25, -0.2) is 0 Å². The predicted octanol–water partition coefficient (Wildman–Crippen LogP) is 4.60. The zero-order valence-electron chi connectivity index (χ0n) is 13.2. The number of hydrogen-bond acceptors (Lipinski definition) is 3. The van der Waals surface area contributed by atoms with E-state index < -0.39 is 0 Å². The van der Waals surface area contributed by atoms with Gasteiger partial charge in [-0.05, 0) is 49.2 Å². The Balaban J connectivity index is 1.68. The van der Waals surface area contributed by atoms with Crippen LogP contribution in [0.3, 0.4) is 0 Å². The Morgan fingerprint density at radius 1 is 1.09 bits per heavy atom. The van der Waals surface area contributed by atoms with Gasteiger partial charge in [0.25, 0.3) is 0 Å². The lowest BCUT2D eigenvalue weighted by molar-refractivity contribution is 0.414. The first-order chi connectivity index (χ1) is 10.7. The van der Waals surface area contributed by atoms with E-state index in [-0.39, 0.29) is 6.04 Å². The summed E-state index contributed by atoms with van der Waals surface area (Å²) in [6, 6.07) is 16.7. The highest BCUT2D eigenvalue weighted by atomic mass is 16.5. The molecule has 3 rings (SSSR count). The molecule has 1 heterocycles. The molecule has 1 atom stereocenters. The lowest BCUT2D eigenvalue weighted by Crippen LogP contribution is -2.17. The van der Waals surface area contributed by atoms with Crippen molar-refractivity contribution in [1.82, 2.24) is 5.32 Å². The van der Waals surface area contributed by atoms with Crippen LogP contribution in [0.5, 0.6) is 5.75 Å². The summed E-state index contributed by atoms with van der Waals surface area (Å²) in [6.07, 6.45) is 0. The molecule has 0 aliphatic rings. The van der Waals surface area contributed by atoms with Gasteiger partial charge >= 0.3 is 0 Å². The highest BCUT2D eigenvalue weighted by molar-refractivity contribution is 5.78. The van der Waals surface area contributed by atoms with Crippen molar-refractivity contribution in [2.24, 2.45) is 0 Å². The fourth-order valence-corrected chi connectivity index (χ4v) is 2.49. The van der Waals surface area contributed by atoms with Crippen LogP contribution >= 0.6 is 0 Å². The number of methoxy groups -OCH3 is 1. The molecule has 0 saturated carbocycles. The lowest BCUT2D eigenvalue weighted by atomic mass is 10.1. The van der Waals surface area contributed by atoms with Crippen molar-refractivity contribution in [1.29, 1.82) is 0 Å². The maximum Gasteiger partial charge on any atom is 0.134 e. The number of aryl methyl sites for hydroxylation is 1. The molecular weight excluding hydrogens is 274 g/mol. The minimum absolute atomic E-state index is 0.162. The topological polar surface area (TPSA) is 34.4 Å². The number of rotatable bonds is 5. The Morgan fingerprint density at radius 2 is 1.86 bits per heavy atom. The third-order valence-corrected chi connectivity index (χ3v) is 3.89. The molecule has 0 bridgehead atoms. The summed E-state index contributed by atoms with van der Waals surface area (Å²) in [4.78, 5) is 0. The van der Waals surface area contributed by atoms with Crippen molar-refractivity contribution in [3.8, 4) is 5.75 Å². The number of benzene rings is 2. The van der Waals surface area contributed by atoms with Gasteiger partial charge in [0.2, 0.25) is 0 Å². The number of nitrogens with one attached hydrogen (secondary N) is 1. The molecule has 0 aliphatic carbocycles. The molecule has 0 aliphatic heterocycles. The summed E-state index contributed by atoms with van der Waals surface area (Å²) in [5.74, 6) is 1.85. The predicted molar refractivity (Wildman–Crippen MR) is 89.2 cm³/mol. The van der Waals surface area contributed by atoms with E-state index >= 15 is 0 Å². The molecule has 0 saturated heterocycles. The summed E-state index contributed by atoms with van der Waals surface area (Å²) in [5, 5.41) is 4.65. The van der Waals surface area contributed by atoms with Crippen molar-refractivity contribution in [2.45, 2.75) is 26.4 Å². The molecule has 0 radical (unpaired) electrons. The SMILES string of the molecule is COc1ccc(CN[C@H](C)c2cc3ccc(C)cc3o2)cc1. The van der Waals surface area contributed by atoms with Crippen molar-refractivity contribution < 1.29 is 9.15 Å². The standard InChI is InChI=1S/C19H21NO2/c1-13-4-7-16-11-18(22-19(16)10-13)14(2)20-12-15-5-8-17(21-3)9-6-15/h4-11,14,20H,12H2,1-3H3/t14-/m1/s1. The Bertz CT molecular complexity index is 759. The van der Waals surface area contributed by atoms with Gasteiger partial charge in [-0.3, -0.25) is 0 Å². The second-order valence-electron chi connectivity index (χ2n) is 5.64. The van der Waals surface area contributed by atoms with Gasteiger partial charge in [0.05, 0.1) is 13.2 Å². The minimum Gasteiger partial charge on any atom is -0.497 e. The first-order valence-corrected chi connectivity index (χ1v) is 7.52. The molecule has 2 aromatic carbocycles. The van der Waals surface area contributed by atoms with Gasteiger partial charge in [-0.15, -0.1) is 0 Å². The molecular formula is C19H21NO2. The summed E-state index contributed by atoms with van der Waals surface area (Å²) in [7, 11) is 1.68. The monoisotopic (exact) mass is 295 g/mol. The van der Waals surface area contributed by atoms with Crippen molar-refractivity contribution in [2.75, 3.05) is 7.11 Å². The summed E-state index contributed by atoms with van der Waals surface area (Å²) >= 11 is 0. The van der Waals surface area contributed by atoms with Crippen LogP contribution in [0.4, 0.5) is 0 Å². The number of fused-ring (bicyclic) bond motifs is 1. The number of furan rings is 1. The van der Waals surface area contributed by atoms with Crippen LogP contribution in [0, 0.1) is 6.92 Å². The maximum atomic E-state index is 5.95. The highest BCUT2D eigenvalue weighted by Crippen LogP contribution is 2.25. The first-order valence-electron chi connectivity index (χ1n) is 7.52. The van der Waals surface area contributed by atoms with Crippen LogP contribution in [-0.2, 0) is 6.54 Å². The lowest BCUT2D eigenvalue weighted by Gasteiger charge is -2.11. The Kier molecular flexibility index (Phi) is 4.16. The molecule has 3 nitrogen and oxygen atoms in total. The van der Waals surface area contributed by atoms with Gasteiger partial charge in [0.15, 0.2) is 0 Å². The highest BCUT2D eigenvalue weighted by Gasteiger charge is 2.11. The van der Waals surface area contributed by atoms with E-state index in [1.807, 2.05) is 12.1 Å². The van der Waals surface area contributed by atoms with E-state index in [2.05, 4.69) is 55.6 Å². The number of ether oxygens (including phenoxy) is 1. The maximum absolute atomic E-state index is 5.95. The van der Waals surface area contributed by atoms with E-state index in [1.165, 1.54) is 11.1 Å². The third kappa shape index (κ3) is 3.15. The van der Waals surface area contributed by atoms with Gasteiger partial charge in [-0.1, -0.05) is 24.3 Å². The van der Waals surface area contributed by atoms with Gasteiger partial charge < -0.3 is 14.5 Å². The van der Waals surface area contributed by atoms with E-state index in [0.717, 1.165) is 29.0 Å². The third-order valence-electron chi connectivity index (χ3n) is 3.89. The quantitative estimate of drug-likeness (QED) is 0.747. The second kappa shape index (κ2) is 6.24. The molecule has 3 aromatic rings. The fourth-order valence-electron chi connectivity index (χ4n) is 2.49. The van der Waals surface area contributed by atoms with Gasteiger partial charge in [-0.2, -0.15) is 0 Å². The van der Waals surface area contributed by atoms with Crippen LogP contribution in [0.1, 0.15) is 29.9 Å². The molecule has 1 aromatic heterocycles. The Morgan fingerprint density at radius 3 is 2.59 bits per heavy atom. The summed E-state index contributed by atoms with van der Waals surface area (Å²) in [6.45, 7) is 4.99. The van der Waals surface area contributed by atoms with Crippen LogP contribution in [0.15, 0.2) is 52.9 Å².